The van der Waals surface area contributed by atoms with Gasteiger partial charge in [-0.3, -0.25) is 4.57 Å². The standard InChI is InChI=1S/C9H14N4O3/c1-12-5-11-8(13(14)15)9(12)16-7-4-2-3-6(7)10/h5-7H,2-4,10H2,1H3. The molecule has 0 amide bonds. The largest absolute Gasteiger partial charge is 0.468 e. The van der Waals surface area contributed by atoms with Crippen molar-refractivity contribution in [2.45, 2.75) is 31.4 Å². The first kappa shape index (κ1) is 10.9. The maximum atomic E-state index is 10.7. The van der Waals surface area contributed by atoms with E-state index in [0.29, 0.717) is 0 Å². The maximum absolute atomic E-state index is 10.7. The number of nitrogens with zero attached hydrogens (tertiary/aromatic N) is 3. The van der Waals surface area contributed by atoms with Gasteiger partial charge in [0.05, 0.1) is 0 Å². The summed E-state index contributed by atoms with van der Waals surface area (Å²) < 4.78 is 7.09. The molecule has 7 nitrogen and oxygen atoms in total. The third kappa shape index (κ3) is 1.85. The van der Waals surface area contributed by atoms with Crippen LogP contribution < -0.4 is 10.5 Å². The van der Waals surface area contributed by atoms with E-state index in [1.54, 1.807) is 7.05 Å². The summed E-state index contributed by atoms with van der Waals surface area (Å²) in [5.41, 5.74) is 5.85. The highest BCUT2D eigenvalue weighted by Crippen LogP contribution is 2.29. The average Bonchev–Trinajstić information content (AvgIpc) is 2.76. The Kier molecular flexibility index (Phi) is 2.78. The monoisotopic (exact) mass is 226 g/mol. The molecule has 1 saturated carbocycles. The molecule has 2 N–H and O–H groups in total. The molecular weight excluding hydrogens is 212 g/mol. The van der Waals surface area contributed by atoms with Crippen molar-refractivity contribution in [3.05, 3.63) is 16.4 Å². The minimum atomic E-state index is -0.546. The number of aryl methyl sites for hydroxylation is 1. The van der Waals surface area contributed by atoms with Gasteiger partial charge < -0.3 is 20.6 Å². The van der Waals surface area contributed by atoms with Crippen molar-refractivity contribution in [3.8, 4) is 5.88 Å². The number of rotatable bonds is 3. The van der Waals surface area contributed by atoms with Crippen molar-refractivity contribution >= 4 is 5.82 Å². The Morgan fingerprint density at radius 2 is 2.44 bits per heavy atom. The second kappa shape index (κ2) is 4.09. The molecule has 1 aromatic rings. The van der Waals surface area contributed by atoms with Gasteiger partial charge in [0.1, 0.15) is 6.10 Å². The van der Waals surface area contributed by atoms with Crippen molar-refractivity contribution in [1.29, 1.82) is 0 Å². The SMILES string of the molecule is Cn1cnc([N+](=O)[O-])c1OC1CCCC1N. The van der Waals surface area contributed by atoms with Gasteiger partial charge in [-0.1, -0.05) is 0 Å². The summed E-state index contributed by atoms with van der Waals surface area (Å²) in [7, 11) is 1.66. The lowest BCUT2D eigenvalue weighted by Gasteiger charge is -2.16. The third-order valence-corrected chi connectivity index (χ3v) is 2.80. The fourth-order valence-corrected chi connectivity index (χ4v) is 1.91. The Hall–Kier alpha value is -1.63. The van der Waals surface area contributed by atoms with Gasteiger partial charge in [-0.05, 0) is 29.2 Å². The summed E-state index contributed by atoms with van der Waals surface area (Å²) in [5.74, 6) is -0.0612. The molecule has 0 aliphatic heterocycles. The molecule has 7 heteroatoms. The lowest BCUT2D eigenvalue weighted by atomic mass is 10.2. The molecule has 0 aromatic carbocycles. The van der Waals surface area contributed by atoms with E-state index in [1.807, 2.05) is 0 Å². The minimum Gasteiger partial charge on any atom is -0.468 e. The summed E-state index contributed by atoms with van der Waals surface area (Å²) in [4.78, 5) is 13.8. The van der Waals surface area contributed by atoms with Crippen molar-refractivity contribution in [1.82, 2.24) is 9.55 Å². The Morgan fingerprint density at radius 1 is 1.69 bits per heavy atom. The number of hydrogen-bond acceptors (Lipinski definition) is 5. The van der Waals surface area contributed by atoms with E-state index in [1.165, 1.54) is 10.9 Å². The predicted molar refractivity (Wildman–Crippen MR) is 56.1 cm³/mol. The van der Waals surface area contributed by atoms with Crippen LogP contribution >= 0.6 is 0 Å². The molecule has 2 rings (SSSR count). The highest BCUT2D eigenvalue weighted by atomic mass is 16.6. The second-order valence-electron chi connectivity index (χ2n) is 3.99. The Bertz CT molecular complexity index is 403. The molecule has 1 heterocycles. The van der Waals surface area contributed by atoms with Crippen LogP contribution in [0.1, 0.15) is 19.3 Å². The van der Waals surface area contributed by atoms with Crippen molar-refractivity contribution < 1.29 is 9.66 Å². The quantitative estimate of drug-likeness (QED) is 0.601. The fraction of sp³-hybridized carbons (Fsp3) is 0.667. The summed E-state index contributed by atoms with van der Waals surface area (Å²) >= 11 is 0. The van der Waals surface area contributed by atoms with E-state index < -0.39 is 4.92 Å². The summed E-state index contributed by atoms with van der Waals surface area (Å²) in [5, 5.41) is 10.7. The van der Waals surface area contributed by atoms with Gasteiger partial charge in [-0.15, -0.1) is 0 Å². The van der Waals surface area contributed by atoms with Crippen LogP contribution in [0.15, 0.2) is 6.33 Å². The molecule has 88 valence electrons. The lowest BCUT2D eigenvalue weighted by molar-refractivity contribution is -0.390. The molecule has 2 atom stereocenters. The first-order chi connectivity index (χ1) is 7.59. The van der Waals surface area contributed by atoms with Crippen molar-refractivity contribution in [2.24, 2.45) is 12.8 Å². The smallest absolute Gasteiger partial charge is 0.426 e. The van der Waals surface area contributed by atoms with Gasteiger partial charge in [0.25, 0.3) is 5.88 Å². The zero-order valence-electron chi connectivity index (χ0n) is 9.00. The van der Waals surface area contributed by atoms with E-state index in [0.717, 1.165) is 19.3 Å². The Labute approximate surface area is 92.4 Å². The minimum absolute atomic E-state index is 0.0468. The Morgan fingerprint density at radius 3 is 3.00 bits per heavy atom. The normalized spacial score (nSPS) is 24.6. The van der Waals surface area contributed by atoms with Crippen LogP contribution in [0.25, 0.3) is 0 Å². The highest BCUT2D eigenvalue weighted by Gasteiger charge is 2.30. The summed E-state index contributed by atoms with van der Waals surface area (Å²) in [6.45, 7) is 0. The summed E-state index contributed by atoms with van der Waals surface area (Å²) in [6.07, 6.45) is 3.96. The predicted octanol–water partition coefficient (Wildman–Crippen LogP) is 0.587. The van der Waals surface area contributed by atoms with Crippen LogP contribution in [0.4, 0.5) is 5.82 Å². The number of hydrogen-bond donors (Lipinski definition) is 1. The van der Waals surface area contributed by atoms with Crippen LogP contribution in [-0.4, -0.2) is 26.6 Å². The maximum Gasteiger partial charge on any atom is 0.426 e. The molecule has 0 saturated heterocycles. The molecule has 1 aliphatic carbocycles. The van der Waals surface area contributed by atoms with E-state index in [9.17, 15) is 10.1 Å². The number of aromatic nitrogens is 2. The van der Waals surface area contributed by atoms with E-state index >= 15 is 0 Å². The average molecular weight is 226 g/mol. The van der Waals surface area contributed by atoms with Crippen LogP contribution in [0, 0.1) is 10.1 Å². The first-order valence-electron chi connectivity index (χ1n) is 5.17. The Balaban J connectivity index is 2.19. The van der Waals surface area contributed by atoms with Crippen LogP contribution in [0.3, 0.4) is 0 Å². The number of nitro groups is 1. The van der Waals surface area contributed by atoms with Crippen molar-refractivity contribution in [3.63, 3.8) is 0 Å². The zero-order chi connectivity index (χ0) is 11.7. The lowest BCUT2D eigenvalue weighted by Crippen LogP contribution is -2.34. The fourth-order valence-electron chi connectivity index (χ4n) is 1.91. The number of ether oxygens (including phenoxy) is 1. The van der Waals surface area contributed by atoms with E-state index in [4.69, 9.17) is 10.5 Å². The first-order valence-corrected chi connectivity index (χ1v) is 5.17. The molecule has 1 fully saturated rings. The molecule has 1 aliphatic rings. The molecule has 16 heavy (non-hydrogen) atoms. The highest BCUT2D eigenvalue weighted by molar-refractivity contribution is 5.33. The number of nitrogens with two attached hydrogens (primary N) is 1. The molecule has 1 aromatic heterocycles. The molecule has 0 spiro atoms. The number of imidazole rings is 1. The molecular formula is C9H14N4O3. The topological polar surface area (TPSA) is 96.2 Å². The van der Waals surface area contributed by atoms with Crippen LogP contribution in [0.2, 0.25) is 0 Å². The van der Waals surface area contributed by atoms with Gasteiger partial charge in [0.15, 0.2) is 0 Å². The van der Waals surface area contributed by atoms with E-state index in [-0.39, 0.29) is 23.8 Å². The molecule has 2 unspecified atom stereocenters. The van der Waals surface area contributed by atoms with Gasteiger partial charge in [-0.25, -0.2) is 0 Å². The van der Waals surface area contributed by atoms with Gasteiger partial charge in [-0.2, -0.15) is 0 Å². The second-order valence-corrected chi connectivity index (χ2v) is 3.99. The van der Waals surface area contributed by atoms with Crippen molar-refractivity contribution in [2.75, 3.05) is 0 Å². The zero-order valence-corrected chi connectivity index (χ0v) is 9.00. The molecule has 0 radical (unpaired) electrons. The van der Waals surface area contributed by atoms with Gasteiger partial charge in [0.2, 0.25) is 6.33 Å². The van der Waals surface area contributed by atoms with Gasteiger partial charge in [0, 0.05) is 13.1 Å². The molecule has 0 bridgehead atoms. The van der Waals surface area contributed by atoms with Crippen LogP contribution in [0.5, 0.6) is 5.88 Å². The third-order valence-electron chi connectivity index (χ3n) is 2.80. The van der Waals surface area contributed by atoms with Crippen LogP contribution in [-0.2, 0) is 7.05 Å². The van der Waals surface area contributed by atoms with Gasteiger partial charge >= 0.3 is 5.82 Å². The van der Waals surface area contributed by atoms with E-state index in [2.05, 4.69) is 4.98 Å². The summed E-state index contributed by atoms with van der Waals surface area (Å²) in [6, 6.07) is -0.0468.